The van der Waals surface area contributed by atoms with Crippen molar-refractivity contribution in [2.75, 3.05) is 6.61 Å². The summed E-state index contributed by atoms with van der Waals surface area (Å²) in [6, 6.07) is 13.1. The van der Waals surface area contributed by atoms with Crippen molar-refractivity contribution in [1.82, 2.24) is 4.57 Å². The number of aromatic nitrogens is 1. The topological polar surface area (TPSA) is 57.5 Å². The van der Waals surface area contributed by atoms with E-state index in [1.807, 2.05) is 0 Å². The number of fused-ring (bicyclic) bond motifs is 2. The molecule has 2 heterocycles. The van der Waals surface area contributed by atoms with Gasteiger partial charge in [0.25, 0.3) is 0 Å². The summed E-state index contributed by atoms with van der Waals surface area (Å²) in [5.74, 6) is -3.97. The number of ether oxygens (including phenoxy) is 2. The van der Waals surface area contributed by atoms with Crippen LogP contribution in [0.15, 0.2) is 66.1 Å². The molecule has 5 nitrogen and oxygen atoms in total. The third kappa shape index (κ3) is 3.48. The number of nitrogens with zero attached hydrogens (tertiary/aromatic N) is 1. The minimum Gasteiger partial charge on any atom is -0.463 e. The van der Waals surface area contributed by atoms with Crippen molar-refractivity contribution in [3.8, 4) is 5.75 Å². The lowest BCUT2D eigenvalue weighted by Gasteiger charge is -2.30. The molecule has 0 radical (unpaired) electrons. The van der Waals surface area contributed by atoms with Gasteiger partial charge in [-0.1, -0.05) is 36.4 Å². The largest absolute Gasteiger partial charge is 0.463 e. The van der Waals surface area contributed by atoms with Crippen LogP contribution in [0.25, 0.3) is 10.9 Å². The number of benzene rings is 2. The van der Waals surface area contributed by atoms with Crippen LogP contribution in [0.3, 0.4) is 0 Å². The number of allylic oxidation sites excluding steroid dienone is 1. The van der Waals surface area contributed by atoms with Crippen molar-refractivity contribution in [2.24, 2.45) is 0 Å². The highest BCUT2D eigenvalue weighted by Crippen LogP contribution is 2.49. The molecular weight excluding hydrogens is 411 g/mol. The van der Waals surface area contributed by atoms with E-state index >= 15 is 0 Å². The number of alkyl halides is 3. The van der Waals surface area contributed by atoms with E-state index in [-0.39, 0.29) is 18.3 Å². The predicted molar refractivity (Wildman–Crippen MR) is 107 cm³/mol. The van der Waals surface area contributed by atoms with Gasteiger partial charge >= 0.3 is 12.1 Å². The highest BCUT2D eigenvalue weighted by Gasteiger charge is 2.48. The molecule has 160 valence electrons. The molecular formula is C23H18F3NO4. The quantitative estimate of drug-likeness (QED) is 0.537. The third-order valence-corrected chi connectivity index (χ3v) is 5.12. The van der Waals surface area contributed by atoms with Crippen LogP contribution in [-0.4, -0.2) is 29.2 Å². The van der Waals surface area contributed by atoms with Crippen LogP contribution in [0.2, 0.25) is 0 Å². The van der Waals surface area contributed by atoms with Gasteiger partial charge in [0.2, 0.25) is 11.7 Å². The summed E-state index contributed by atoms with van der Waals surface area (Å²) in [4.78, 5) is 25.0. The number of hydrogen-bond acceptors (Lipinski definition) is 4. The van der Waals surface area contributed by atoms with Crippen molar-refractivity contribution in [2.45, 2.75) is 25.9 Å². The van der Waals surface area contributed by atoms with Gasteiger partial charge in [0.05, 0.1) is 23.6 Å². The second kappa shape index (κ2) is 7.61. The first-order valence-electron chi connectivity index (χ1n) is 9.60. The van der Waals surface area contributed by atoms with E-state index in [9.17, 15) is 22.8 Å². The van der Waals surface area contributed by atoms with Crippen LogP contribution >= 0.6 is 0 Å². The van der Waals surface area contributed by atoms with E-state index in [0.29, 0.717) is 22.0 Å². The molecule has 1 aliphatic rings. The maximum absolute atomic E-state index is 14.0. The molecule has 0 fully saturated rings. The first-order valence-corrected chi connectivity index (χ1v) is 9.60. The lowest BCUT2D eigenvalue weighted by Crippen LogP contribution is -2.30. The van der Waals surface area contributed by atoms with Crippen molar-refractivity contribution >= 4 is 22.8 Å². The monoisotopic (exact) mass is 429 g/mol. The molecule has 4 rings (SSSR count). The molecule has 8 heteroatoms. The zero-order valence-corrected chi connectivity index (χ0v) is 16.7. The van der Waals surface area contributed by atoms with Gasteiger partial charge in [0.15, 0.2) is 0 Å². The molecule has 3 aromatic rings. The Bertz CT molecular complexity index is 1220. The van der Waals surface area contributed by atoms with Gasteiger partial charge in [-0.2, -0.15) is 13.2 Å². The van der Waals surface area contributed by atoms with E-state index in [0.717, 1.165) is 0 Å². The molecule has 2 aromatic carbocycles. The van der Waals surface area contributed by atoms with Crippen molar-refractivity contribution in [3.63, 3.8) is 0 Å². The fourth-order valence-electron chi connectivity index (χ4n) is 3.91. The summed E-state index contributed by atoms with van der Waals surface area (Å²) in [6.45, 7) is 2.77. The van der Waals surface area contributed by atoms with Crippen LogP contribution in [0, 0.1) is 0 Å². The highest BCUT2D eigenvalue weighted by atomic mass is 19.4. The second-order valence-electron chi connectivity index (χ2n) is 7.02. The molecule has 1 unspecified atom stereocenters. The minimum atomic E-state index is -4.92. The Balaban J connectivity index is 2.09. The summed E-state index contributed by atoms with van der Waals surface area (Å²) in [6.07, 6.45) is -3.44. The summed E-state index contributed by atoms with van der Waals surface area (Å²) >= 11 is 0. The van der Waals surface area contributed by atoms with Crippen LogP contribution in [-0.2, 0) is 9.53 Å². The molecule has 0 spiro atoms. The smallest absolute Gasteiger partial charge is 0.450 e. The van der Waals surface area contributed by atoms with Crippen LogP contribution in [0.5, 0.6) is 5.75 Å². The average molecular weight is 429 g/mol. The van der Waals surface area contributed by atoms with Gasteiger partial charge < -0.3 is 9.47 Å². The van der Waals surface area contributed by atoms with Crippen LogP contribution in [0.1, 0.15) is 35.7 Å². The molecule has 0 saturated carbocycles. The van der Waals surface area contributed by atoms with Crippen molar-refractivity contribution < 1.29 is 32.2 Å². The zero-order valence-electron chi connectivity index (χ0n) is 16.7. The molecule has 1 aliphatic heterocycles. The van der Waals surface area contributed by atoms with E-state index in [4.69, 9.17) is 9.47 Å². The summed E-state index contributed by atoms with van der Waals surface area (Å²) < 4.78 is 53.4. The maximum atomic E-state index is 14.0. The van der Waals surface area contributed by atoms with Crippen molar-refractivity contribution in [1.29, 1.82) is 0 Å². The third-order valence-electron chi connectivity index (χ3n) is 5.12. The number of esters is 1. The van der Waals surface area contributed by atoms with E-state index in [1.165, 1.54) is 30.7 Å². The first-order chi connectivity index (χ1) is 14.7. The zero-order chi connectivity index (χ0) is 22.3. The molecule has 0 bridgehead atoms. The van der Waals surface area contributed by atoms with Gasteiger partial charge in [0, 0.05) is 24.1 Å². The lowest BCUT2D eigenvalue weighted by molar-refractivity contribution is -0.143. The highest BCUT2D eigenvalue weighted by molar-refractivity contribution is 5.98. The Labute approximate surface area is 175 Å². The molecule has 0 N–H and O–H groups in total. The number of rotatable bonds is 3. The predicted octanol–water partition coefficient (Wildman–Crippen LogP) is 5.21. The number of hydrogen-bond donors (Lipinski definition) is 0. The van der Waals surface area contributed by atoms with Gasteiger partial charge in [-0.05, 0) is 24.6 Å². The summed E-state index contributed by atoms with van der Waals surface area (Å²) in [7, 11) is 0. The Kier molecular flexibility index (Phi) is 5.08. The van der Waals surface area contributed by atoms with E-state index in [2.05, 4.69) is 0 Å². The number of halogens is 3. The number of carbonyl (C=O) groups is 2. The lowest BCUT2D eigenvalue weighted by atomic mass is 9.82. The Morgan fingerprint density at radius 3 is 2.42 bits per heavy atom. The Morgan fingerprint density at radius 2 is 1.74 bits per heavy atom. The van der Waals surface area contributed by atoms with Crippen LogP contribution in [0.4, 0.5) is 13.2 Å². The van der Waals surface area contributed by atoms with Gasteiger partial charge in [-0.15, -0.1) is 0 Å². The first kappa shape index (κ1) is 20.7. The fourth-order valence-corrected chi connectivity index (χ4v) is 3.91. The van der Waals surface area contributed by atoms with Crippen molar-refractivity contribution in [3.05, 3.63) is 77.2 Å². The number of para-hydroxylation sites is 2. The molecule has 1 atom stereocenters. The summed E-state index contributed by atoms with van der Waals surface area (Å²) in [5.41, 5.74) is 0.654. The fraction of sp³-hybridized carbons (Fsp3) is 0.217. The normalized spacial score (nSPS) is 16.1. The second-order valence-corrected chi connectivity index (χ2v) is 7.02. The maximum Gasteiger partial charge on any atom is 0.450 e. The van der Waals surface area contributed by atoms with Gasteiger partial charge in [-0.25, -0.2) is 4.79 Å². The van der Waals surface area contributed by atoms with Gasteiger partial charge in [0.1, 0.15) is 5.75 Å². The SMILES string of the molecule is CCOC(=O)C1=C(C(F)(F)F)Oc2ccccc2C1c1cn(C(C)=O)c2ccccc12. The molecule has 31 heavy (non-hydrogen) atoms. The minimum absolute atomic E-state index is 0.00692. The molecule has 0 aliphatic carbocycles. The molecule has 0 amide bonds. The molecule has 0 saturated heterocycles. The number of carbonyl (C=O) groups excluding carboxylic acids is 2. The standard InChI is InChI=1S/C23H18F3NO4/c1-3-30-22(29)20-19(15-9-5-7-11-18(15)31-21(20)23(24,25)26)16-12-27(13(2)28)17-10-6-4-8-14(16)17/h4-12,19H,3H2,1-2H3. The van der Waals surface area contributed by atoms with E-state index in [1.54, 1.807) is 42.5 Å². The van der Waals surface area contributed by atoms with Crippen LogP contribution < -0.4 is 4.74 Å². The van der Waals surface area contributed by atoms with E-state index < -0.39 is 29.4 Å². The average Bonchev–Trinajstić information content (AvgIpc) is 3.11. The Morgan fingerprint density at radius 1 is 1.06 bits per heavy atom. The summed E-state index contributed by atoms with van der Waals surface area (Å²) in [5, 5.41) is 0.558. The Hall–Kier alpha value is -3.55. The molecule has 1 aromatic heterocycles. The van der Waals surface area contributed by atoms with Gasteiger partial charge in [-0.3, -0.25) is 9.36 Å².